The van der Waals surface area contributed by atoms with Crippen LogP contribution >= 0.6 is 27.3 Å². The summed E-state index contributed by atoms with van der Waals surface area (Å²) in [7, 11) is 0. The van der Waals surface area contributed by atoms with Crippen molar-refractivity contribution in [2.75, 3.05) is 5.43 Å². The van der Waals surface area contributed by atoms with Crippen LogP contribution in [-0.4, -0.2) is 10.9 Å². The zero-order chi connectivity index (χ0) is 13.0. The van der Waals surface area contributed by atoms with E-state index in [0.29, 0.717) is 17.9 Å². The summed E-state index contributed by atoms with van der Waals surface area (Å²) < 4.78 is 1.02. The maximum Gasteiger partial charge on any atom is 0.270 e. The van der Waals surface area contributed by atoms with Gasteiger partial charge in [-0.05, 0) is 34.1 Å². The number of aromatic nitrogens is 1. The molecule has 0 fully saturated rings. The van der Waals surface area contributed by atoms with E-state index in [2.05, 4.69) is 31.7 Å². The molecule has 5 nitrogen and oxygen atoms in total. The van der Waals surface area contributed by atoms with Gasteiger partial charge in [0.1, 0.15) is 5.69 Å². The Kier molecular flexibility index (Phi) is 4.29. The third kappa shape index (κ3) is 3.28. The topological polar surface area (TPSA) is 80.0 Å². The second-order valence-electron chi connectivity index (χ2n) is 3.49. The lowest BCUT2D eigenvalue weighted by atomic mass is 10.3. The number of rotatable bonds is 4. The number of anilines is 1. The van der Waals surface area contributed by atoms with Gasteiger partial charge in [0, 0.05) is 20.9 Å². The van der Waals surface area contributed by atoms with Crippen LogP contribution in [0.4, 0.5) is 5.69 Å². The first-order chi connectivity index (χ1) is 8.69. The molecule has 0 saturated carbocycles. The van der Waals surface area contributed by atoms with Crippen molar-refractivity contribution in [1.29, 1.82) is 0 Å². The molecule has 2 aromatic rings. The first kappa shape index (κ1) is 13.0. The van der Waals surface area contributed by atoms with Crippen molar-refractivity contribution in [3.05, 3.63) is 44.8 Å². The van der Waals surface area contributed by atoms with E-state index < -0.39 is 0 Å². The summed E-state index contributed by atoms with van der Waals surface area (Å²) in [6, 6.07) is 5.25. The summed E-state index contributed by atoms with van der Waals surface area (Å²) in [6.45, 7) is 0.483. The third-order valence-electron chi connectivity index (χ3n) is 2.20. The van der Waals surface area contributed by atoms with E-state index in [9.17, 15) is 4.79 Å². The third-order valence-corrected chi connectivity index (χ3v) is 3.90. The lowest BCUT2D eigenvalue weighted by Crippen LogP contribution is -2.23. The highest BCUT2D eigenvalue weighted by Crippen LogP contribution is 2.19. The largest absolute Gasteiger partial charge is 0.346 e. The molecular formula is C11H11BrN4OS. The zero-order valence-corrected chi connectivity index (χ0v) is 11.7. The Morgan fingerprint density at radius 2 is 2.33 bits per heavy atom. The molecule has 0 aromatic carbocycles. The average molecular weight is 327 g/mol. The van der Waals surface area contributed by atoms with Gasteiger partial charge in [-0.15, -0.1) is 11.3 Å². The number of amides is 1. The summed E-state index contributed by atoms with van der Waals surface area (Å²) in [6.07, 6.45) is 1.53. The predicted octanol–water partition coefficient (Wildman–Crippen LogP) is 2.12. The van der Waals surface area contributed by atoms with Crippen LogP contribution in [0.1, 0.15) is 15.4 Å². The second-order valence-corrected chi connectivity index (χ2v) is 5.40. The van der Waals surface area contributed by atoms with E-state index in [1.54, 1.807) is 23.5 Å². The number of nitrogens with zero attached hydrogens (tertiary/aromatic N) is 1. The first-order valence-corrected chi connectivity index (χ1v) is 6.80. The molecule has 0 saturated heterocycles. The molecule has 0 atom stereocenters. The quantitative estimate of drug-likeness (QED) is 0.594. The molecule has 7 heteroatoms. The minimum atomic E-state index is -0.225. The standard InChI is InChI=1S/C11H11BrN4OS/c12-7-3-9(18-6-7)5-15-11(17)10-4-8(16-13)1-2-14-10/h1-4,6H,5,13H2,(H,14,16)(H,15,17). The zero-order valence-electron chi connectivity index (χ0n) is 9.31. The summed E-state index contributed by atoms with van der Waals surface area (Å²) in [4.78, 5) is 16.9. The number of nitrogen functional groups attached to an aromatic ring is 1. The molecular weight excluding hydrogens is 316 g/mol. The summed E-state index contributed by atoms with van der Waals surface area (Å²) >= 11 is 4.95. The molecule has 2 rings (SSSR count). The molecule has 0 unspecified atom stereocenters. The van der Waals surface area contributed by atoms with Crippen LogP contribution in [0.15, 0.2) is 34.2 Å². The highest BCUT2D eigenvalue weighted by molar-refractivity contribution is 9.10. The molecule has 94 valence electrons. The molecule has 1 amide bonds. The van der Waals surface area contributed by atoms with E-state index in [4.69, 9.17) is 5.84 Å². The molecule has 18 heavy (non-hydrogen) atoms. The summed E-state index contributed by atoms with van der Waals surface area (Å²) in [5.74, 6) is 5.05. The number of nitrogens with one attached hydrogen (secondary N) is 2. The number of pyridine rings is 1. The molecule has 0 aliphatic carbocycles. The van der Waals surface area contributed by atoms with E-state index in [0.717, 1.165) is 9.35 Å². The highest BCUT2D eigenvalue weighted by Gasteiger charge is 2.08. The van der Waals surface area contributed by atoms with Crippen molar-refractivity contribution < 1.29 is 4.79 Å². The monoisotopic (exact) mass is 326 g/mol. The number of hydrogen-bond acceptors (Lipinski definition) is 5. The smallest absolute Gasteiger partial charge is 0.270 e. The van der Waals surface area contributed by atoms with Crippen LogP contribution < -0.4 is 16.6 Å². The number of hydrogen-bond donors (Lipinski definition) is 3. The highest BCUT2D eigenvalue weighted by atomic mass is 79.9. The number of thiophene rings is 1. The lowest BCUT2D eigenvalue weighted by molar-refractivity contribution is 0.0946. The normalized spacial score (nSPS) is 10.1. The van der Waals surface area contributed by atoms with Crippen LogP contribution in [0.5, 0.6) is 0 Å². The lowest BCUT2D eigenvalue weighted by Gasteiger charge is -2.04. The molecule has 4 N–H and O–H groups in total. The molecule has 0 aliphatic heterocycles. The Labute approximate surface area is 117 Å². The van der Waals surface area contributed by atoms with E-state index >= 15 is 0 Å². The van der Waals surface area contributed by atoms with Crippen molar-refractivity contribution in [1.82, 2.24) is 10.3 Å². The first-order valence-electron chi connectivity index (χ1n) is 5.13. The number of nitrogens with two attached hydrogens (primary N) is 1. The fourth-order valence-electron chi connectivity index (χ4n) is 1.35. The second kappa shape index (κ2) is 5.94. The number of halogens is 1. The number of carbonyl (C=O) groups excluding carboxylic acids is 1. The van der Waals surface area contributed by atoms with Gasteiger partial charge in [0.15, 0.2) is 0 Å². The van der Waals surface area contributed by atoms with Crippen molar-refractivity contribution in [3.63, 3.8) is 0 Å². The Bertz CT molecular complexity index is 557. The molecule has 2 aromatic heterocycles. The Morgan fingerprint density at radius 3 is 3.00 bits per heavy atom. The van der Waals surface area contributed by atoms with Gasteiger partial charge < -0.3 is 10.7 Å². The van der Waals surface area contributed by atoms with Crippen LogP contribution in [-0.2, 0) is 6.54 Å². The van der Waals surface area contributed by atoms with Crippen LogP contribution in [0.2, 0.25) is 0 Å². The van der Waals surface area contributed by atoms with Gasteiger partial charge in [0.05, 0.1) is 12.2 Å². The average Bonchev–Trinajstić information content (AvgIpc) is 2.82. The molecule has 0 aliphatic rings. The van der Waals surface area contributed by atoms with Crippen LogP contribution in [0.25, 0.3) is 0 Å². The van der Waals surface area contributed by atoms with Gasteiger partial charge >= 0.3 is 0 Å². The molecule has 0 radical (unpaired) electrons. The minimum Gasteiger partial charge on any atom is -0.346 e. The predicted molar refractivity (Wildman–Crippen MR) is 75.2 cm³/mol. The van der Waals surface area contributed by atoms with Gasteiger partial charge in [-0.3, -0.25) is 15.6 Å². The fourth-order valence-corrected chi connectivity index (χ4v) is 2.74. The van der Waals surface area contributed by atoms with Crippen molar-refractivity contribution in [2.24, 2.45) is 5.84 Å². The van der Waals surface area contributed by atoms with E-state index in [1.807, 2.05) is 11.4 Å². The van der Waals surface area contributed by atoms with Crippen molar-refractivity contribution in [3.8, 4) is 0 Å². The number of carbonyl (C=O) groups is 1. The molecule has 2 heterocycles. The summed E-state index contributed by atoms with van der Waals surface area (Å²) in [5.41, 5.74) is 3.46. The number of hydrazine groups is 1. The van der Waals surface area contributed by atoms with Crippen LogP contribution in [0, 0.1) is 0 Å². The van der Waals surface area contributed by atoms with Gasteiger partial charge in [-0.1, -0.05) is 0 Å². The maximum atomic E-state index is 11.8. The van der Waals surface area contributed by atoms with Crippen molar-refractivity contribution in [2.45, 2.75) is 6.54 Å². The molecule has 0 spiro atoms. The Hall–Kier alpha value is -1.44. The van der Waals surface area contributed by atoms with Gasteiger partial charge in [-0.25, -0.2) is 0 Å². The van der Waals surface area contributed by atoms with Gasteiger partial charge in [-0.2, -0.15) is 0 Å². The SMILES string of the molecule is NNc1ccnc(C(=O)NCc2cc(Br)cs2)c1. The minimum absolute atomic E-state index is 0.225. The van der Waals surface area contributed by atoms with Gasteiger partial charge in [0.25, 0.3) is 5.91 Å². The van der Waals surface area contributed by atoms with Crippen molar-refractivity contribution >= 4 is 38.9 Å². The van der Waals surface area contributed by atoms with E-state index in [1.165, 1.54) is 6.20 Å². The molecule has 0 bridgehead atoms. The summed E-state index contributed by atoms with van der Waals surface area (Å²) in [5, 5.41) is 4.77. The van der Waals surface area contributed by atoms with Gasteiger partial charge in [0.2, 0.25) is 0 Å². The Balaban J connectivity index is 1.99. The maximum absolute atomic E-state index is 11.8. The van der Waals surface area contributed by atoms with Crippen LogP contribution in [0.3, 0.4) is 0 Å². The fraction of sp³-hybridized carbons (Fsp3) is 0.0909. The van der Waals surface area contributed by atoms with E-state index in [-0.39, 0.29) is 5.91 Å². The Morgan fingerprint density at radius 1 is 1.50 bits per heavy atom.